The number of hydrogen-bond acceptors (Lipinski definition) is 11. The molecule has 2 aromatic rings. The van der Waals surface area contributed by atoms with Gasteiger partial charge in [0.2, 0.25) is 0 Å². The number of aliphatic hydroxyl groups is 4. The number of methoxy groups -OCH3 is 1. The molecule has 0 spiro atoms. The minimum absolute atomic E-state index is 0.00188. The molecule has 1 heterocycles. The van der Waals surface area contributed by atoms with Crippen molar-refractivity contribution in [1.29, 1.82) is 0 Å². The highest BCUT2D eigenvalue weighted by Crippen LogP contribution is 2.29. The number of rotatable bonds is 11. The van der Waals surface area contributed by atoms with Gasteiger partial charge in [-0.2, -0.15) is 0 Å². The average molecular weight is 547 g/mol. The predicted molar refractivity (Wildman–Crippen MR) is 138 cm³/mol. The zero-order valence-electron chi connectivity index (χ0n) is 21.7. The molecule has 0 aliphatic carbocycles. The normalized spacial score (nSPS) is 23.2. The van der Waals surface area contributed by atoms with Crippen LogP contribution in [0.2, 0.25) is 0 Å². The summed E-state index contributed by atoms with van der Waals surface area (Å²) in [6.07, 6.45) is -5.05. The summed E-state index contributed by atoms with van der Waals surface area (Å²) in [5, 5.41) is 49.6. The smallest absolute Gasteiger partial charge is 0.334 e. The molecule has 39 heavy (non-hydrogen) atoms. The van der Waals surface area contributed by atoms with Gasteiger partial charge in [0.25, 0.3) is 0 Å². The molecule has 1 aliphatic heterocycles. The van der Waals surface area contributed by atoms with Gasteiger partial charge in [0.15, 0.2) is 30.0 Å². The lowest BCUT2D eigenvalue weighted by Crippen LogP contribution is -2.61. The number of esters is 2. The number of phenols is 1. The molecule has 0 bridgehead atoms. The molecule has 3 rings (SSSR count). The predicted octanol–water partition coefficient (Wildman–Crippen LogP) is 0.866. The maximum absolute atomic E-state index is 13.4. The molecule has 0 amide bonds. The van der Waals surface area contributed by atoms with E-state index in [0.29, 0.717) is 18.4 Å². The molecule has 11 nitrogen and oxygen atoms in total. The average Bonchev–Trinajstić information content (AvgIpc) is 2.91. The lowest BCUT2D eigenvalue weighted by atomic mass is 9.98. The number of carbonyl (C=O) groups is 2. The van der Waals surface area contributed by atoms with Crippen LogP contribution in [-0.2, 0) is 36.6 Å². The number of phenolic OH excluding ortho intramolecular Hbond substituents is 1. The molecule has 0 radical (unpaired) electrons. The van der Waals surface area contributed by atoms with Crippen LogP contribution < -0.4 is 4.74 Å². The SMILES string of the molecule is COc1cc(C=C(CCc2cccc(CCO)c2)C(=O)OC2C(O)OC(CO)C(O)C2OC(C)=O)ccc1O. The zero-order valence-corrected chi connectivity index (χ0v) is 21.7. The standard InChI is InChI=1S/C28H34O11/c1-16(31)37-25-24(33)23(15-30)38-28(35)26(25)39-27(34)20(13-19-7-9-21(32)22(14-19)36-2)8-6-17-4-3-5-18(12-17)10-11-29/h3-5,7,9,12-14,23-26,28-30,32-33,35H,6,8,10-11,15H2,1-2H3. The highest BCUT2D eigenvalue weighted by molar-refractivity contribution is 5.94. The van der Waals surface area contributed by atoms with Crippen molar-refractivity contribution in [1.82, 2.24) is 0 Å². The van der Waals surface area contributed by atoms with Crippen LogP contribution in [0, 0.1) is 0 Å². The number of hydrogen-bond donors (Lipinski definition) is 5. The summed E-state index contributed by atoms with van der Waals surface area (Å²) in [5.41, 5.74) is 2.53. The van der Waals surface area contributed by atoms with Gasteiger partial charge in [-0.25, -0.2) is 4.79 Å². The minimum atomic E-state index is -1.79. The number of aromatic hydroxyl groups is 1. The summed E-state index contributed by atoms with van der Waals surface area (Å²) in [6.45, 7) is 0.428. The van der Waals surface area contributed by atoms with E-state index in [0.717, 1.165) is 18.1 Å². The van der Waals surface area contributed by atoms with Crippen molar-refractivity contribution in [2.45, 2.75) is 56.9 Å². The van der Waals surface area contributed by atoms with E-state index in [1.54, 1.807) is 6.07 Å². The summed E-state index contributed by atoms with van der Waals surface area (Å²) in [4.78, 5) is 25.1. The largest absolute Gasteiger partial charge is 0.504 e. The van der Waals surface area contributed by atoms with Crippen LogP contribution in [0.15, 0.2) is 48.0 Å². The van der Waals surface area contributed by atoms with Crippen molar-refractivity contribution in [3.63, 3.8) is 0 Å². The highest BCUT2D eigenvalue weighted by atomic mass is 16.7. The van der Waals surface area contributed by atoms with E-state index in [9.17, 15) is 35.1 Å². The summed E-state index contributed by atoms with van der Waals surface area (Å²) in [6, 6.07) is 12.1. The van der Waals surface area contributed by atoms with E-state index in [4.69, 9.17) is 18.9 Å². The molecule has 5 N–H and O–H groups in total. The van der Waals surface area contributed by atoms with Crippen LogP contribution in [0.5, 0.6) is 11.5 Å². The van der Waals surface area contributed by atoms with E-state index >= 15 is 0 Å². The number of aliphatic hydroxyl groups excluding tert-OH is 4. The molecule has 1 fully saturated rings. The van der Waals surface area contributed by atoms with E-state index in [2.05, 4.69) is 0 Å². The van der Waals surface area contributed by atoms with Gasteiger partial charge in [-0.1, -0.05) is 30.3 Å². The Kier molecular flexibility index (Phi) is 10.8. The Morgan fingerprint density at radius 3 is 2.36 bits per heavy atom. The second kappa shape index (κ2) is 14.1. The topological polar surface area (TPSA) is 172 Å². The third-order valence-corrected chi connectivity index (χ3v) is 6.24. The van der Waals surface area contributed by atoms with Crippen molar-refractivity contribution in [2.75, 3.05) is 20.3 Å². The summed E-state index contributed by atoms with van der Waals surface area (Å²) >= 11 is 0. The molecule has 5 unspecified atom stereocenters. The molecule has 212 valence electrons. The third-order valence-electron chi connectivity index (χ3n) is 6.24. The number of carbonyl (C=O) groups excluding carboxylic acids is 2. The van der Waals surface area contributed by atoms with Crippen LogP contribution in [0.1, 0.15) is 30.0 Å². The van der Waals surface area contributed by atoms with Crippen LogP contribution in [-0.4, -0.2) is 88.5 Å². The fourth-order valence-corrected chi connectivity index (χ4v) is 4.28. The minimum Gasteiger partial charge on any atom is -0.504 e. The third kappa shape index (κ3) is 8.01. The molecule has 0 saturated carbocycles. The Morgan fingerprint density at radius 2 is 1.72 bits per heavy atom. The number of benzene rings is 2. The first-order valence-corrected chi connectivity index (χ1v) is 12.4. The van der Waals surface area contributed by atoms with E-state index < -0.39 is 49.3 Å². The second-order valence-electron chi connectivity index (χ2n) is 9.08. The summed E-state index contributed by atoms with van der Waals surface area (Å²) < 4.78 is 21.0. The van der Waals surface area contributed by atoms with Crippen LogP contribution >= 0.6 is 0 Å². The maximum atomic E-state index is 13.4. The van der Waals surface area contributed by atoms with Gasteiger partial charge in [-0.15, -0.1) is 0 Å². The van der Waals surface area contributed by atoms with Crippen molar-refractivity contribution in [2.24, 2.45) is 0 Å². The number of ether oxygens (including phenoxy) is 4. The molecular formula is C28H34O11. The Hall–Kier alpha value is -3.48. The molecule has 0 aromatic heterocycles. The van der Waals surface area contributed by atoms with Gasteiger partial charge in [0.05, 0.1) is 13.7 Å². The van der Waals surface area contributed by atoms with E-state index in [1.807, 2.05) is 24.3 Å². The summed E-state index contributed by atoms with van der Waals surface area (Å²) in [5.74, 6) is -1.55. The monoisotopic (exact) mass is 546 g/mol. The van der Waals surface area contributed by atoms with Crippen molar-refractivity contribution in [3.8, 4) is 11.5 Å². The van der Waals surface area contributed by atoms with E-state index in [1.165, 1.54) is 25.3 Å². The van der Waals surface area contributed by atoms with Gasteiger partial charge < -0.3 is 44.5 Å². The van der Waals surface area contributed by atoms with Crippen LogP contribution in [0.4, 0.5) is 0 Å². The van der Waals surface area contributed by atoms with Gasteiger partial charge in [-0.3, -0.25) is 4.79 Å². The number of aryl methyl sites for hydroxylation is 1. The Balaban J connectivity index is 1.90. The fraction of sp³-hybridized carbons (Fsp3) is 0.429. The Bertz CT molecular complexity index is 1160. The van der Waals surface area contributed by atoms with E-state index in [-0.39, 0.29) is 30.1 Å². The molecule has 2 aromatic carbocycles. The lowest BCUT2D eigenvalue weighted by molar-refractivity contribution is -0.292. The van der Waals surface area contributed by atoms with Gasteiger partial charge >= 0.3 is 11.9 Å². The quantitative estimate of drug-likeness (QED) is 0.200. The second-order valence-corrected chi connectivity index (χ2v) is 9.08. The van der Waals surface area contributed by atoms with Gasteiger partial charge in [0.1, 0.15) is 12.2 Å². The summed E-state index contributed by atoms with van der Waals surface area (Å²) in [7, 11) is 1.39. The zero-order chi connectivity index (χ0) is 28.5. The van der Waals surface area contributed by atoms with Crippen LogP contribution in [0.3, 0.4) is 0 Å². The lowest BCUT2D eigenvalue weighted by Gasteiger charge is -2.41. The van der Waals surface area contributed by atoms with Crippen molar-refractivity contribution < 1.29 is 54.1 Å². The molecular weight excluding hydrogens is 512 g/mol. The first-order valence-electron chi connectivity index (χ1n) is 12.4. The van der Waals surface area contributed by atoms with Gasteiger partial charge in [0, 0.05) is 19.1 Å². The highest BCUT2D eigenvalue weighted by Gasteiger charge is 2.49. The molecule has 5 atom stereocenters. The fourth-order valence-electron chi connectivity index (χ4n) is 4.28. The first kappa shape index (κ1) is 30.1. The van der Waals surface area contributed by atoms with Crippen molar-refractivity contribution in [3.05, 3.63) is 64.7 Å². The molecule has 11 heteroatoms. The van der Waals surface area contributed by atoms with Crippen molar-refractivity contribution >= 4 is 18.0 Å². The molecule has 1 saturated heterocycles. The van der Waals surface area contributed by atoms with Crippen LogP contribution in [0.25, 0.3) is 6.08 Å². The Labute approximate surface area is 225 Å². The first-order chi connectivity index (χ1) is 18.7. The Morgan fingerprint density at radius 1 is 1.00 bits per heavy atom. The maximum Gasteiger partial charge on any atom is 0.334 e. The molecule has 1 aliphatic rings. The van der Waals surface area contributed by atoms with Gasteiger partial charge in [-0.05, 0) is 54.2 Å².